The third-order valence-electron chi connectivity index (χ3n) is 4.24. The van der Waals surface area contributed by atoms with E-state index in [-0.39, 0.29) is 6.04 Å². The number of alkyl carbamates (subject to hydrolysis) is 1. The van der Waals surface area contributed by atoms with Crippen LogP contribution in [0.15, 0.2) is 34.9 Å². The van der Waals surface area contributed by atoms with Gasteiger partial charge in [0.25, 0.3) is 0 Å². The number of amides is 1. The molecule has 144 valence electrons. The van der Waals surface area contributed by atoms with E-state index in [0.29, 0.717) is 5.92 Å². The quantitative estimate of drug-likeness (QED) is 0.524. The van der Waals surface area contributed by atoms with E-state index in [2.05, 4.69) is 57.2 Å². The Hall–Kier alpha value is -2.08. The zero-order valence-electron chi connectivity index (χ0n) is 16.4. The first-order chi connectivity index (χ1) is 12.6. The number of pyridine rings is 1. The number of rotatable bonds is 4. The van der Waals surface area contributed by atoms with E-state index in [1.807, 2.05) is 32.9 Å². The molecule has 0 aliphatic rings. The molecule has 27 heavy (non-hydrogen) atoms. The van der Waals surface area contributed by atoms with Crippen LogP contribution < -0.4 is 5.32 Å². The van der Waals surface area contributed by atoms with Gasteiger partial charge in [0.05, 0.1) is 17.3 Å². The molecule has 2 N–H and O–H groups in total. The molecule has 1 aromatic carbocycles. The third kappa shape index (κ3) is 4.61. The molecule has 0 aliphatic heterocycles. The zero-order chi connectivity index (χ0) is 19.8. The van der Waals surface area contributed by atoms with E-state index < -0.39 is 11.7 Å². The summed E-state index contributed by atoms with van der Waals surface area (Å²) in [6.07, 6.45) is 2.15. The van der Waals surface area contributed by atoms with Crippen molar-refractivity contribution in [2.24, 2.45) is 5.92 Å². The van der Waals surface area contributed by atoms with Gasteiger partial charge < -0.3 is 15.0 Å². The summed E-state index contributed by atoms with van der Waals surface area (Å²) < 4.78 is 6.48. The van der Waals surface area contributed by atoms with Gasteiger partial charge in [-0.05, 0) is 51.3 Å². The molecule has 0 unspecified atom stereocenters. The summed E-state index contributed by atoms with van der Waals surface area (Å²) in [5, 5.41) is 5.25. The fraction of sp³-hybridized carbons (Fsp3) is 0.429. The predicted molar refractivity (Wildman–Crippen MR) is 113 cm³/mol. The number of halogens is 1. The predicted octanol–water partition coefficient (Wildman–Crippen LogP) is 6.09. The standard InChI is InChI=1S/C21H26BrN3O2/c1-12(2)10-17(25-20(26)27-21(3,4)5)19-18-15(8-9-23-19)14-7-6-13(22)11-16(14)24-18/h6-9,11-12,17,24H,10H2,1-5H3,(H,25,26)/t17-/m0/s1. The van der Waals surface area contributed by atoms with Crippen LogP contribution in [0.4, 0.5) is 4.79 Å². The lowest BCUT2D eigenvalue weighted by Gasteiger charge is -2.24. The molecule has 0 aliphatic carbocycles. The first kappa shape index (κ1) is 19.7. The summed E-state index contributed by atoms with van der Waals surface area (Å²) in [5.74, 6) is 0.389. The van der Waals surface area contributed by atoms with Crippen molar-refractivity contribution in [2.75, 3.05) is 0 Å². The molecular formula is C21H26BrN3O2. The minimum atomic E-state index is -0.542. The number of benzene rings is 1. The second-order valence-electron chi connectivity index (χ2n) is 8.26. The molecule has 3 aromatic rings. The van der Waals surface area contributed by atoms with Crippen LogP contribution >= 0.6 is 15.9 Å². The van der Waals surface area contributed by atoms with Crippen molar-refractivity contribution in [3.05, 3.63) is 40.6 Å². The number of nitrogens with one attached hydrogen (secondary N) is 2. The summed E-state index contributed by atoms with van der Waals surface area (Å²) in [7, 11) is 0. The topological polar surface area (TPSA) is 67.0 Å². The summed E-state index contributed by atoms with van der Waals surface area (Å²) in [5.41, 5.74) is 2.28. The molecule has 0 bridgehead atoms. The number of carbonyl (C=O) groups excluding carboxylic acids is 1. The SMILES string of the molecule is CC(C)C[C@H](NC(=O)OC(C)(C)C)c1nccc2c1[nH]c1cc(Br)ccc12. The average Bonchev–Trinajstić information content (AvgIpc) is 2.89. The first-order valence-electron chi connectivity index (χ1n) is 9.19. The molecule has 3 rings (SSSR count). The van der Waals surface area contributed by atoms with Crippen molar-refractivity contribution < 1.29 is 9.53 Å². The molecule has 0 spiro atoms. The van der Waals surface area contributed by atoms with E-state index in [9.17, 15) is 4.79 Å². The lowest BCUT2D eigenvalue weighted by molar-refractivity contribution is 0.0497. The van der Waals surface area contributed by atoms with Crippen molar-refractivity contribution in [3.8, 4) is 0 Å². The number of carbonyl (C=O) groups is 1. The van der Waals surface area contributed by atoms with Gasteiger partial charge in [0.15, 0.2) is 0 Å². The van der Waals surface area contributed by atoms with Crippen LogP contribution in [0.2, 0.25) is 0 Å². The number of aromatic nitrogens is 2. The summed E-state index contributed by atoms with van der Waals surface area (Å²) in [4.78, 5) is 20.5. The van der Waals surface area contributed by atoms with E-state index in [0.717, 1.165) is 38.4 Å². The Morgan fingerprint density at radius 2 is 2.00 bits per heavy atom. The van der Waals surface area contributed by atoms with Gasteiger partial charge in [0.1, 0.15) is 5.60 Å². The van der Waals surface area contributed by atoms with Gasteiger partial charge >= 0.3 is 6.09 Å². The van der Waals surface area contributed by atoms with Crippen LogP contribution in [0.1, 0.15) is 52.8 Å². The lowest BCUT2D eigenvalue weighted by Crippen LogP contribution is -2.35. The van der Waals surface area contributed by atoms with Gasteiger partial charge in [-0.1, -0.05) is 35.8 Å². The maximum Gasteiger partial charge on any atom is 0.408 e. The van der Waals surface area contributed by atoms with E-state index in [4.69, 9.17) is 4.74 Å². The largest absolute Gasteiger partial charge is 0.444 e. The molecule has 5 nitrogen and oxygen atoms in total. The maximum absolute atomic E-state index is 12.4. The average molecular weight is 432 g/mol. The van der Waals surface area contributed by atoms with Crippen molar-refractivity contribution in [1.82, 2.24) is 15.3 Å². The highest BCUT2D eigenvalue weighted by Gasteiger charge is 2.24. The van der Waals surface area contributed by atoms with Crippen LogP contribution in [-0.4, -0.2) is 21.7 Å². The molecule has 0 saturated heterocycles. The first-order valence-corrected chi connectivity index (χ1v) is 9.98. The Labute approximate surface area is 168 Å². The van der Waals surface area contributed by atoms with E-state index in [1.54, 1.807) is 6.20 Å². The molecule has 6 heteroatoms. The Morgan fingerprint density at radius 1 is 1.26 bits per heavy atom. The minimum absolute atomic E-state index is 0.236. The molecule has 2 aromatic heterocycles. The van der Waals surface area contributed by atoms with Crippen molar-refractivity contribution in [2.45, 2.75) is 52.7 Å². The van der Waals surface area contributed by atoms with Gasteiger partial charge in [0, 0.05) is 27.0 Å². The van der Waals surface area contributed by atoms with Gasteiger partial charge in [-0.2, -0.15) is 0 Å². The number of nitrogens with zero attached hydrogens (tertiary/aromatic N) is 1. The van der Waals surface area contributed by atoms with Crippen LogP contribution in [0.25, 0.3) is 21.8 Å². The highest BCUT2D eigenvalue weighted by atomic mass is 79.9. The molecule has 1 atom stereocenters. The van der Waals surface area contributed by atoms with Gasteiger partial charge in [-0.25, -0.2) is 4.79 Å². The number of hydrogen-bond acceptors (Lipinski definition) is 3. The Morgan fingerprint density at radius 3 is 2.67 bits per heavy atom. The number of aromatic amines is 1. The fourth-order valence-corrected chi connectivity index (χ4v) is 3.61. The van der Waals surface area contributed by atoms with E-state index in [1.165, 1.54) is 0 Å². The van der Waals surface area contributed by atoms with Crippen LogP contribution in [0.3, 0.4) is 0 Å². The maximum atomic E-state index is 12.4. The molecule has 0 fully saturated rings. The van der Waals surface area contributed by atoms with Crippen molar-refractivity contribution in [3.63, 3.8) is 0 Å². The van der Waals surface area contributed by atoms with Gasteiger partial charge in [-0.3, -0.25) is 4.98 Å². The van der Waals surface area contributed by atoms with Gasteiger partial charge in [-0.15, -0.1) is 0 Å². The number of fused-ring (bicyclic) bond motifs is 3. The fourth-order valence-electron chi connectivity index (χ4n) is 3.25. The normalized spacial score (nSPS) is 13.3. The molecular weight excluding hydrogens is 406 g/mol. The Balaban J connectivity index is 2.04. The summed E-state index contributed by atoms with van der Waals surface area (Å²) in [6.45, 7) is 9.84. The van der Waals surface area contributed by atoms with Crippen molar-refractivity contribution >= 4 is 43.8 Å². The molecule has 0 saturated carbocycles. The van der Waals surface area contributed by atoms with Crippen LogP contribution in [0.5, 0.6) is 0 Å². The second kappa shape index (κ2) is 7.50. The summed E-state index contributed by atoms with van der Waals surface area (Å²) in [6, 6.07) is 7.93. The molecule has 2 heterocycles. The van der Waals surface area contributed by atoms with Gasteiger partial charge in [0.2, 0.25) is 0 Å². The Kier molecular flexibility index (Phi) is 5.47. The monoisotopic (exact) mass is 431 g/mol. The molecule has 1 amide bonds. The van der Waals surface area contributed by atoms with Crippen LogP contribution in [-0.2, 0) is 4.74 Å². The number of hydrogen-bond donors (Lipinski definition) is 2. The highest BCUT2D eigenvalue weighted by molar-refractivity contribution is 9.10. The highest BCUT2D eigenvalue weighted by Crippen LogP contribution is 2.32. The minimum Gasteiger partial charge on any atom is -0.444 e. The van der Waals surface area contributed by atoms with E-state index >= 15 is 0 Å². The zero-order valence-corrected chi connectivity index (χ0v) is 18.0. The smallest absolute Gasteiger partial charge is 0.408 e. The summed E-state index contributed by atoms with van der Waals surface area (Å²) >= 11 is 3.52. The second-order valence-corrected chi connectivity index (χ2v) is 9.18. The molecule has 0 radical (unpaired) electrons. The number of H-pyrrole nitrogens is 1. The van der Waals surface area contributed by atoms with Crippen LogP contribution in [0, 0.1) is 5.92 Å². The van der Waals surface area contributed by atoms with Crippen molar-refractivity contribution in [1.29, 1.82) is 0 Å². The lowest BCUT2D eigenvalue weighted by atomic mass is 9.99. The Bertz CT molecular complexity index is 973. The third-order valence-corrected chi connectivity index (χ3v) is 4.73. The number of ether oxygens (including phenoxy) is 1.